The van der Waals surface area contributed by atoms with Gasteiger partial charge in [0, 0.05) is 26.3 Å². The van der Waals surface area contributed by atoms with Crippen molar-refractivity contribution in [2.45, 2.75) is 32.7 Å². The van der Waals surface area contributed by atoms with E-state index in [1.807, 2.05) is 0 Å². The van der Waals surface area contributed by atoms with E-state index in [-0.39, 0.29) is 6.04 Å². The summed E-state index contributed by atoms with van der Waals surface area (Å²) < 4.78 is 10.5. The van der Waals surface area contributed by atoms with Crippen molar-refractivity contribution >= 4 is 17.4 Å². The fourth-order valence-corrected chi connectivity index (χ4v) is 2.37. The highest BCUT2D eigenvalue weighted by Crippen LogP contribution is 2.26. The standard InChI is InChI=1S/C14H24ClN3O2/c1-5-6-12-13(15)16-10-17-14(12)18(7-8-19-3)11(2)9-20-4/h10-11H,5-9H2,1-4H3. The van der Waals surface area contributed by atoms with Gasteiger partial charge in [-0.05, 0) is 13.3 Å². The second-order valence-electron chi connectivity index (χ2n) is 4.71. The zero-order valence-corrected chi connectivity index (χ0v) is 13.5. The average molecular weight is 302 g/mol. The van der Waals surface area contributed by atoms with Gasteiger partial charge in [-0.2, -0.15) is 0 Å². The zero-order chi connectivity index (χ0) is 15.0. The molecule has 1 heterocycles. The Morgan fingerprint density at radius 2 is 2.05 bits per heavy atom. The van der Waals surface area contributed by atoms with Crippen LogP contribution in [-0.2, 0) is 15.9 Å². The van der Waals surface area contributed by atoms with Crippen LogP contribution in [0.3, 0.4) is 0 Å². The molecule has 1 rings (SSSR count). The Hall–Kier alpha value is -0.910. The first kappa shape index (κ1) is 17.1. The first-order valence-corrected chi connectivity index (χ1v) is 7.27. The van der Waals surface area contributed by atoms with Gasteiger partial charge in [0.25, 0.3) is 0 Å². The summed E-state index contributed by atoms with van der Waals surface area (Å²) in [5.74, 6) is 0.883. The first-order valence-electron chi connectivity index (χ1n) is 6.89. The van der Waals surface area contributed by atoms with E-state index in [0.717, 1.165) is 30.8 Å². The summed E-state index contributed by atoms with van der Waals surface area (Å²) in [6.07, 6.45) is 3.37. The van der Waals surface area contributed by atoms with Crippen LogP contribution in [0.1, 0.15) is 25.8 Å². The minimum absolute atomic E-state index is 0.191. The average Bonchev–Trinajstić information content (AvgIpc) is 2.43. The molecule has 0 saturated carbocycles. The van der Waals surface area contributed by atoms with E-state index in [2.05, 4.69) is 28.7 Å². The molecule has 114 valence electrons. The van der Waals surface area contributed by atoms with Gasteiger partial charge in [0.1, 0.15) is 17.3 Å². The Kier molecular flexibility index (Phi) is 7.80. The van der Waals surface area contributed by atoms with Crippen LogP contribution in [0.2, 0.25) is 5.15 Å². The van der Waals surface area contributed by atoms with E-state index < -0.39 is 0 Å². The minimum Gasteiger partial charge on any atom is -0.383 e. The summed E-state index contributed by atoms with van der Waals surface area (Å²) in [4.78, 5) is 10.7. The van der Waals surface area contributed by atoms with Gasteiger partial charge in [0.15, 0.2) is 0 Å². The highest BCUT2D eigenvalue weighted by molar-refractivity contribution is 6.30. The van der Waals surface area contributed by atoms with Gasteiger partial charge in [-0.1, -0.05) is 24.9 Å². The largest absolute Gasteiger partial charge is 0.383 e. The predicted molar refractivity (Wildman–Crippen MR) is 81.6 cm³/mol. The first-order chi connectivity index (χ1) is 9.65. The normalized spacial score (nSPS) is 12.4. The van der Waals surface area contributed by atoms with Crippen LogP contribution in [0, 0.1) is 0 Å². The van der Waals surface area contributed by atoms with E-state index in [1.54, 1.807) is 14.2 Å². The molecule has 0 spiro atoms. The number of hydrogen-bond acceptors (Lipinski definition) is 5. The summed E-state index contributed by atoms with van der Waals surface area (Å²) in [5.41, 5.74) is 0.996. The second kappa shape index (κ2) is 9.10. The molecular formula is C14H24ClN3O2. The predicted octanol–water partition coefficient (Wildman–Crippen LogP) is 2.57. The van der Waals surface area contributed by atoms with Crippen molar-refractivity contribution in [1.82, 2.24) is 9.97 Å². The Labute approximate surface area is 126 Å². The lowest BCUT2D eigenvalue weighted by molar-refractivity contribution is 0.170. The molecule has 0 aliphatic rings. The Balaban J connectivity index is 3.08. The van der Waals surface area contributed by atoms with Gasteiger partial charge >= 0.3 is 0 Å². The lowest BCUT2D eigenvalue weighted by Gasteiger charge is -2.31. The molecule has 20 heavy (non-hydrogen) atoms. The highest BCUT2D eigenvalue weighted by Gasteiger charge is 2.20. The molecule has 0 aromatic carbocycles. The van der Waals surface area contributed by atoms with Crippen molar-refractivity contribution in [2.75, 3.05) is 38.9 Å². The molecule has 1 aromatic rings. The minimum atomic E-state index is 0.191. The molecule has 0 amide bonds. The van der Waals surface area contributed by atoms with E-state index in [0.29, 0.717) is 18.4 Å². The molecule has 1 unspecified atom stereocenters. The molecule has 0 fully saturated rings. The van der Waals surface area contributed by atoms with Gasteiger partial charge < -0.3 is 14.4 Å². The Bertz CT molecular complexity index is 404. The summed E-state index contributed by atoms with van der Waals surface area (Å²) in [7, 11) is 3.39. The van der Waals surface area contributed by atoms with Crippen molar-refractivity contribution in [2.24, 2.45) is 0 Å². The molecule has 1 aromatic heterocycles. The number of methoxy groups -OCH3 is 2. The summed E-state index contributed by atoms with van der Waals surface area (Å²) in [6.45, 7) is 6.21. The summed E-state index contributed by atoms with van der Waals surface area (Å²) in [5, 5.41) is 0.531. The lowest BCUT2D eigenvalue weighted by Crippen LogP contribution is -2.40. The van der Waals surface area contributed by atoms with E-state index in [9.17, 15) is 0 Å². The number of aromatic nitrogens is 2. The maximum atomic E-state index is 6.23. The summed E-state index contributed by atoms with van der Waals surface area (Å²) in [6, 6.07) is 0.191. The molecule has 0 bridgehead atoms. The Morgan fingerprint density at radius 1 is 1.30 bits per heavy atom. The van der Waals surface area contributed by atoms with E-state index in [1.165, 1.54) is 6.33 Å². The van der Waals surface area contributed by atoms with Crippen molar-refractivity contribution in [3.63, 3.8) is 0 Å². The lowest BCUT2D eigenvalue weighted by atomic mass is 10.1. The van der Waals surface area contributed by atoms with Gasteiger partial charge in [0.2, 0.25) is 0 Å². The number of hydrogen-bond donors (Lipinski definition) is 0. The monoisotopic (exact) mass is 301 g/mol. The zero-order valence-electron chi connectivity index (χ0n) is 12.7. The SMILES string of the molecule is CCCc1c(Cl)ncnc1N(CCOC)C(C)COC. The Morgan fingerprint density at radius 3 is 2.65 bits per heavy atom. The number of ether oxygens (including phenoxy) is 2. The molecule has 5 nitrogen and oxygen atoms in total. The highest BCUT2D eigenvalue weighted by atomic mass is 35.5. The van der Waals surface area contributed by atoms with Crippen LogP contribution >= 0.6 is 11.6 Å². The number of anilines is 1. The number of halogens is 1. The van der Waals surface area contributed by atoms with E-state index >= 15 is 0 Å². The van der Waals surface area contributed by atoms with Crippen molar-refractivity contribution in [3.8, 4) is 0 Å². The van der Waals surface area contributed by atoms with Gasteiger partial charge in [-0.15, -0.1) is 0 Å². The summed E-state index contributed by atoms with van der Waals surface area (Å²) >= 11 is 6.23. The molecule has 0 N–H and O–H groups in total. The molecule has 0 aliphatic carbocycles. The van der Waals surface area contributed by atoms with Crippen LogP contribution in [0.25, 0.3) is 0 Å². The number of rotatable bonds is 9. The van der Waals surface area contributed by atoms with Crippen LogP contribution in [0.5, 0.6) is 0 Å². The third-order valence-electron chi connectivity index (χ3n) is 3.12. The number of nitrogens with zero attached hydrogens (tertiary/aromatic N) is 3. The van der Waals surface area contributed by atoms with Crippen LogP contribution in [-0.4, -0.2) is 50.0 Å². The van der Waals surface area contributed by atoms with Crippen molar-refractivity contribution in [1.29, 1.82) is 0 Å². The molecular weight excluding hydrogens is 278 g/mol. The maximum absolute atomic E-state index is 6.23. The third kappa shape index (κ3) is 4.58. The second-order valence-corrected chi connectivity index (χ2v) is 5.07. The fraction of sp³-hybridized carbons (Fsp3) is 0.714. The molecule has 1 atom stereocenters. The smallest absolute Gasteiger partial charge is 0.137 e. The maximum Gasteiger partial charge on any atom is 0.137 e. The van der Waals surface area contributed by atoms with Crippen molar-refractivity contribution < 1.29 is 9.47 Å². The van der Waals surface area contributed by atoms with Crippen LogP contribution in [0.4, 0.5) is 5.82 Å². The van der Waals surface area contributed by atoms with Gasteiger partial charge in [0.05, 0.1) is 19.3 Å². The molecule has 6 heteroatoms. The molecule has 0 saturated heterocycles. The quantitative estimate of drug-likeness (QED) is 0.656. The van der Waals surface area contributed by atoms with E-state index in [4.69, 9.17) is 21.1 Å². The van der Waals surface area contributed by atoms with Gasteiger partial charge in [-0.25, -0.2) is 9.97 Å². The van der Waals surface area contributed by atoms with Crippen LogP contribution in [0.15, 0.2) is 6.33 Å². The van der Waals surface area contributed by atoms with Crippen molar-refractivity contribution in [3.05, 3.63) is 17.0 Å². The van der Waals surface area contributed by atoms with Gasteiger partial charge in [-0.3, -0.25) is 0 Å². The fourth-order valence-electron chi connectivity index (χ4n) is 2.15. The topological polar surface area (TPSA) is 47.5 Å². The molecule has 0 radical (unpaired) electrons. The van der Waals surface area contributed by atoms with Crippen LogP contribution < -0.4 is 4.90 Å². The molecule has 0 aliphatic heterocycles. The third-order valence-corrected chi connectivity index (χ3v) is 3.44.